The van der Waals surface area contributed by atoms with Crippen molar-refractivity contribution in [2.24, 2.45) is 0 Å². The molecule has 2 aromatic rings. The van der Waals surface area contributed by atoms with E-state index < -0.39 is 9.84 Å². The average molecular weight is 349 g/mol. The van der Waals surface area contributed by atoms with Crippen molar-refractivity contribution in [3.63, 3.8) is 0 Å². The summed E-state index contributed by atoms with van der Waals surface area (Å²) >= 11 is 0. The zero-order chi connectivity index (χ0) is 17.4. The Morgan fingerprint density at radius 2 is 2.08 bits per heavy atom. The molecule has 0 aliphatic rings. The summed E-state index contributed by atoms with van der Waals surface area (Å²) in [6.45, 7) is 0.430. The van der Waals surface area contributed by atoms with Crippen LogP contribution in [0.1, 0.15) is 5.56 Å². The van der Waals surface area contributed by atoms with Gasteiger partial charge in [-0.2, -0.15) is 0 Å². The number of nitrogens with one attached hydrogen (secondary N) is 2. The van der Waals surface area contributed by atoms with Crippen LogP contribution in [0.25, 0.3) is 0 Å². The number of rotatable bonds is 7. The lowest BCUT2D eigenvalue weighted by atomic mass is 10.3. The van der Waals surface area contributed by atoms with Gasteiger partial charge in [-0.15, -0.1) is 0 Å². The lowest BCUT2D eigenvalue weighted by Gasteiger charge is -2.10. The number of carbonyl (C=O) groups excluding carboxylic acids is 1. The van der Waals surface area contributed by atoms with E-state index >= 15 is 0 Å². The van der Waals surface area contributed by atoms with Crippen LogP contribution >= 0.6 is 0 Å². The first-order valence-electron chi connectivity index (χ1n) is 7.27. The van der Waals surface area contributed by atoms with Gasteiger partial charge in [0, 0.05) is 36.9 Å². The summed E-state index contributed by atoms with van der Waals surface area (Å²) in [6, 6.07) is 10.1. The Morgan fingerprint density at radius 3 is 2.79 bits per heavy atom. The maximum atomic E-state index is 11.9. The highest BCUT2D eigenvalue weighted by atomic mass is 32.2. The number of nitrogens with zero attached hydrogens (tertiary/aromatic N) is 1. The van der Waals surface area contributed by atoms with Gasteiger partial charge in [0.25, 0.3) is 0 Å². The van der Waals surface area contributed by atoms with Crippen LogP contribution in [-0.4, -0.2) is 38.0 Å². The number of benzene rings is 1. The molecule has 2 rings (SSSR count). The number of sulfone groups is 1. The molecule has 1 heterocycles. The van der Waals surface area contributed by atoms with Crippen molar-refractivity contribution in [2.45, 2.75) is 6.54 Å². The monoisotopic (exact) mass is 349 g/mol. The molecule has 0 radical (unpaired) electrons. The van der Waals surface area contributed by atoms with E-state index in [0.717, 1.165) is 11.8 Å². The van der Waals surface area contributed by atoms with Crippen LogP contribution in [0, 0.1) is 0 Å². The van der Waals surface area contributed by atoms with Gasteiger partial charge in [-0.05, 0) is 23.8 Å². The predicted octanol–water partition coefficient (Wildman–Crippen LogP) is 1.83. The zero-order valence-corrected chi connectivity index (χ0v) is 14.0. The highest BCUT2D eigenvalue weighted by molar-refractivity contribution is 7.90. The molecule has 0 aliphatic carbocycles. The second kappa shape index (κ2) is 8.30. The Morgan fingerprint density at radius 1 is 1.25 bits per heavy atom. The maximum absolute atomic E-state index is 11.9. The number of aromatic nitrogens is 1. The minimum atomic E-state index is -3.07. The second-order valence-electron chi connectivity index (χ2n) is 5.18. The number of urea groups is 1. The SMILES string of the molecule is CS(=O)(=O)CCOc1cccc(NC(=O)NCc2cccnc2)c1. The minimum absolute atomic E-state index is 0.0593. The molecular formula is C16H19N3O4S. The first-order chi connectivity index (χ1) is 11.4. The molecular weight excluding hydrogens is 330 g/mol. The normalized spacial score (nSPS) is 10.9. The Balaban J connectivity index is 1.83. The van der Waals surface area contributed by atoms with E-state index in [0.29, 0.717) is 18.0 Å². The van der Waals surface area contributed by atoms with E-state index in [1.165, 1.54) is 0 Å². The standard InChI is InChI=1S/C16H19N3O4S/c1-24(21,22)9-8-23-15-6-2-5-14(10-15)19-16(20)18-12-13-4-3-7-17-11-13/h2-7,10-11H,8-9,12H2,1H3,(H2,18,19,20). The van der Waals surface area contributed by atoms with Gasteiger partial charge in [-0.1, -0.05) is 12.1 Å². The van der Waals surface area contributed by atoms with E-state index in [4.69, 9.17) is 4.74 Å². The quantitative estimate of drug-likeness (QED) is 0.795. The summed E-state index contributed by atoms with van der Waals surface area (Å²) in [5.74, 6) is 0.430. The van der Waals surface area contributed by atoms with Gasteiger partial charge in [0.1, 0.15) is 12.4 Å². The van der Waals surface area contributed by atoms with Crippen molar-refractivity contribution < 1.29 is 17.9 Å². The molecule has 0 saturated carbocycles. The van der Waals surface area contributed by atoms with E-state index in [9.17, 15) is 13.2 Å². The number of hydrogen-bond donors (Lipinski definition) is 2. The molecule has 0 aliphatic heterocycles. The molecule has 0 saturated heterocycles. The maximum Gasteiger partial charge on any atom is 0.319 e. The van der Waals surface area contributed by atoms with Crippen LogP contribution in [0.3, 0.4) is 0 Å². The number of pyridine rings is 1. The lowest BCUT2D eigenvalue weighted by molar-refractivity contribution is 0.251. The molecule has 0 atom stereocenters. The molecule has 2 amide bonds. The number of anilines is 1. The van der Waals surface area contributed by atoms with Crippen LogP contribution in [0.4, 0.5) is 10.5 Å². The Kier molecular flexibility index (Phi) is 6.14. The van der Waals surface area contributed by atoms with Gasteiger partial charge in [0.2, 0.25) is 0 Å². The van der Waals surface area contributed by atoms with Crippen molar-refractivity contribution >= 4 is 21.6 Å². The topological polar surface area (TPSA) is 97.4 Å². The van der Waals surface area contributed by atoms with Gasteiger partial charge in [0.05, 0.1) is 5.75 Å². The van der Waals surface area contributed by atoms with Gasteiger partial charge in [0.15, 0.2) is 9.84 Å². The number of hydrogen-bond acceptors (Lipinski definition) is 5. The van der Waals surface area contributed by atoms with Crippen LogP contribution < -0.4 is 15.4 Å². The summed E-state index contributed by atoms with van der Waals surface area (Å²) in [6.07, 6.45) is 4.50. The Bertz CT molecular complexity index is 779. The van der Waals surface area contributed by atoms with Crippen LogP contribution in [0.2, 0.25) is 0 Å². The number of amides is 2. The lowest BCUT2D eigenvalue weighted by Crippen LogP contribution is -2.28. The Hall–Kier alpha value is -2.61. The van der Waals surface area contributed by atoms with Crippen molar-refractivity contribution in [3.05, 3.63) is 54.4 Å². The summed E-state index contributed by atoms with van der Waals surface area (Å²) < 4.78 is 27.5. The molecule has 1 aromatic carbocycles. The summed E-state index contributed by atoms with van der Waals surface area (Å²) in [5.41, 5.74) is 1.45. The molecule has 1 aromatic heterocycles. The highest BCUT2D eigenvalue weighted by Gasteiger charge is 2.05. The fourth-order valence-electron chi connectivity index (χ4n) is 1.83. The number of carbonyl (C=O) groups is 1. The zero-order valence-electron chi connectivity index (χ0n) is 13.2. The van der Waals surface area contributed by atoms with Crippen molar-refractivity contribution in [3.8, 4) is 5.75 Å². The summed E-state index contributed by atoms with van der Waals surface area (Å²) in [5, 5.41) is 5.41. The molecule has 24 heavy (non-hydrogen) atoms. The third-order valence-corrected chi connectivity index (χ3v) is 3.90. The Labute approximate surface area is 141 Å². The number of ether oxygens (including phenoxy) is 1. The molecule has 128 valence electrons. The second-order valence-corrected chi connectivity index (χ2v) is 7.43. The fraction of sp³-hybridized carbons (Fsp3) is 0.250. The third-order valence-electron chi connectivity index (χ3n) is 2.99. The van der Waals surface area contributed by atoms with E-state index in [-0.39, 0.29) is 18.4 Å². The largest absolute Gasteiger partial charge is 0.492 e. The molecule has 0 fully saturated rings. The molecule has 7 nitrogen and oxygen atoms in total. The van der Waals surface area contributed by atoms with Gasteiger partial charge in [-0.3, -0.25) is 4.98 Å². The first kappa shape index (κ1) is 17.7. The fourth-order valence-corrected chi connectivity index (χ4v) is 2.22. The van der Waals surface area contributed by atoms with Crippen LogP contribution in [0.5, 0.6) is 5.75 Å². The average Bonchev–Trinajstić information content (AvgIpc) is 2.53. The molecule has 0 unspecified atom stereocenters. The van der Waals surface area contributed by atoms with E-state index in [2.05, 4.69) is 15.6 Å². The third kappa shape index (κ3) is 6.66. The molecule has 2 N–H and O–H groups in total. The van der Waals surface area contributed by atoms with E-state index in [1.807, 2.05) is 6.07 Å². The van der Waals surface area contributed by atoms with Crippen molar-refractivity contribution in [1.82, 2.24) is 10.3 Å². The predicted molar refractivity (Wildman–Crippen MR) is 91.7 cm³/mol. The van der Waals surface area contributed by atoms with Crippen molar-refractivity contribution in [1.29, 1.82) is 0 Å². The molecule has 8 heteroatoms. The molecule has 0 bridgehead atoms. The van der Waals surface area contributed by atoms with E-state index in [1.54, 1.807) is 42.7 Å². The van der Waals surface area contributed by atoms with Crippen LogP contribution in [0.15, 0.2) is 48.8 Å². The van der Waals surface area contributed by atoms with Crippen LogP contribution in [-0.2, 0) is 16.4 Å². The minimum Gasteiger partial charge on any atom is -0.492 e. The van der Waals surface area contributed by atoms with Gasteiger partial charge >= 0.3 is 6.03 Å². The summed E-state index contributed by atoms with van der Waals surface area (Å²) in [7, 11) is -3.07. The smallest absolute Gasteiger partial charge is 0.319 e. The highest BCUT2D eigenvalue weighted by Crippen LogP contribution is 2.17. The van der Waals surface area contributed by atoms with Crippen molar-refractivity contribution in [2.75, 3.05) is 23.9 Å². The van der Waals surface area contributed by atoms with Gasteiger partial charge in [-0.25, -0.2) is 13.2 Å². The summed E-state index contributed by atoms with van der Waals surface area (Å²) in [4.78, 5) is 15.9. The van der Waals surface area contributed by atoms with Gasteiger partial charge < -0.3 is 15.4 Å². The first-order valence-corrected chi connectivity index (χ1v) is 9.33. The molecule has 0 spiro atoms.